The predicted molar refractivity (Wildman–Crippen MR) is 74.1 cm³/mol. The molecule has 2 aromatic rings. The Hall–Kier alpha value is -2.10. The Balaban J connectivity index is 2.03. The molecule has 1 aliphatic carbocycles. The maximum Gasteiger partial charge on any atom is 0.329 e. The van der Waals surface area contributed by atoms with Crippen molar-refractivity contribution in [3.05, 3.63) is 36.5 Å². The van der Waals surface area contributed by atoms with E-state index in [9.17, 15) is 9.90 Å². The summed E-state index contributed by atoms with van der Waals surface area (Å²) < 4.78 is 0. The van der Waals surface area contributed by atoms with Crippen LogP contribution >= 0.6 is 0 Å². The smallest absolute Gasteiger partial charge is 0.329 e. The van der Waals surface area contributed by atoms with E-state index >= 15 is 0 Å². The zero-order valence-corrected chi connectivity index (χ0v) is 10.8. The number of pyridine rings is 1. The number of hydrogen-bond donors (Lipinski definition) is 2. The largest absolute Gasteiger partial charge is 0.480 e. The van der Waals surface area contributed by atoms with Gasteiger partial charge in [-0.2, -0.15) is 0 Å². The minimum absolute atomic E-state index is 0.186. The van der Waals surface area contributed by atoms with Crippen molar-refractivity contribution in [1.82, 2.24) is 4.98 Å². The molecule has 1 saturated carbocycles. The van der Waals surface area contributed by atoms with Crippen molar-refractivity contribution in [2.24, 2.45) is 5.92 Å². The summed E-state index contributed by atoms with van der Waals surface area (Å²) in [4.78, 5) is 15.9. The molecule has 1 atom stereocenters. The van der Waals surface area contributed by atoms with Crippen LogP contribution < -0.4 is 5.32 Å². The number of carbonyl (C=O) groups is 1. The number of aromatic nitrogens is 1. The van der Waals surface area contributed by atoms with Crippen molar-refractivity contribution in [2.45, 2.75) is 25.3 Å². The number of carboxylic acids is 1. The first-order valence-electron chi connectivity index (χ1n) is 6.46. The van der Waals surface area contributed by atoms with Gasteiger partial charge in [0.2, 0.25) is 0 Å². The molecule has 3 rings (SSSR count). The van der Waals surface area contributed by atoms with Crippen LogP contribution in [0.4, 0.5) is 5.82 Å². The van der Waals surface area contributed by atoms with E-state index in [4.69, 9.17) is 0 Å². The fourth-order valence-corrected chi connectivity index (χ4v) is 2.46. The Kier molecular flexibility index (Phi) is 2.66. The Bertz CT molecular complexity index is 632. The van der Waals surface area contributed by atoms with E-state index in [-0.39, 0.29) is 5.92 Å². The minimum atomic E-state index is -0.933. The van der Waals surface area contributed by atoms with Crippen molar-refractivity contribution >= 4 is 22.6 Å². The standard InChI is InChI=1S/C15H16N2O2/c1-15(14(18)19,11-6-7-11)17-13-12-5-3-2-4-10(12)8-9-16-13/h2-5,8-9,11H,6-7H2,1H3,(H,16,17)(H,18,19). The SMILES string of the molecule is CC(Nc1nccc2ccccc12)(C(=O)O)C1CC1. The van der Waals surface area contributed by atoms with E-state index in [1.165, 1.54) is 0 Å². The molecule has 98 valence electrons. The molecule has 1 heterocycles. The molecule has 0 bridgehead atoms. The number of rotatable bonds is 4. The van der Waals surface area contributed by atoms with Crippen LogP contribution in [-0.2, 0) is 4.79 Å². The third kappa shape index (κ3) is 2.03. The Morgan fingerprint density at radius 2 is 2.11 bits per heavy atom. The predicted octanol–water partition coefficient (Wildman–Crippen LogP) is 2.90. The molecule has 0 spiro atoms. The van der Waals surface area contributed by atoms with Crippen molar-refractivity contribution in [3.63, 3.8) is 0 Å². The van der Waals surface area contributed by atoms with Crippen molar-refractivity contribution in [1.29, 1.82) is 0 Å². The molecule has 4 nitrogen and oxygen atoms in total. The Morgan fingerprint density at radius 3 is 2.79 bits per heavy atom. The second-order valence-electron chi connectivity index (χ2n) is 5.29. The molecule has 0 amide bonds. The molecule has 4 heteroatoms. The van der Waals surface area contributed by atoms with Crippen LogP contribution in [0.25, 0.3) is 10.8 Å². The fourth-order valence-electron chi connectivity index (χ4n) is 2.46. The third-order valence-electron chi connectivity index (χ3n) is 3.89. The van der Waals surface area contributed by atoms with Crippen LogP contribution in [0, 0.1) is 5.92 Å². The van der Waals surface area contributed by atoms with Gasteiger partial charge >= 0.3 is 5.97 Å². The lowest BCUT2D eigenvalue weighted by Gasteiger charge is -2.27. The maximum atomic E-state index is 11.6. The van der Waals surface area contributed by atoms with Gasteiger partial charge < -0.3 is 10.4 Å². The Morgan fingerprint density at radius 1 is 1.37 bits per heavy atom. The zero-order chi connectivity index (χ0) is 13.5. The number of nitrogens with one attached hydrogen (secondary N) is 1. The number of fused-ring (bicyclic) bond motifs is 1. The average molecular weight is 256 g/mol. The van der Waals surface area contributed by atoms with E-state index < -0.39 is 11.5 Å². The normalized spacial score (nSPS) is 17.9. The average Bonchev–Trinajstić information content (AvgIpc) is 3.23. The summed E-state index contributed by atoms with van der Waals surface area (Å²) in [5.74, 6) is 0.0189. The number of carboxylic acid groups (broad SMARTS) is 1. The van der Waals surface area contributed by atoms with Gasteiger partial charge in [0.25, 0.3) is 0 Å². The molecule has 2 N–H and O–H groups in total. The van der Waals surface area contributed by atoms with Gasteiger partial charge in [-0.25, -0.2) is 9.78 Å². The topological polar surface area (TPSA) is 62.2 Å². The molecule has 1 unspecified atom stereocenters. The van der Waals surface area contributed by atoms with Crippen LogP contribution in [0.3, 0.4) is 0 Å². The lowest BCUT2D eigenvalue weighted by atomic mass is 9.95. The first-order chi connectivity index (χ1) is 9.11. The summed E-state index contributed by atoms with van der Waals surface area (Å²) in [5, 5.41) is 14.7. The van der Waals surface area contributed by atoms with Crippen molar-refractivity contribution in [2.75, 3.05) is 5.32 Å². The van der Waals surface area contributed by atoms with Crippen molar-refractivity contribution in [3.8, 4) is 0 Å². The quantitative estimate of drug-likeness (QED) is 0.883. The molecule has 0 saturated heterocycles. The fraction of sp³-hybridized carbons (Fsp3) is 0.333. The zero-order valence-electron chi connectivity index (χ0n) is 10.8. The summed E-state index contributed by atoms with van der Waals surface area (Å²) in [5.41, 5.74) is -0.933. The lowest BCUT2D eigenvalue weighted by Crippen LogP contribution is -2.45. The lowest BCUT2D eigenvalue weighted by molar-refractivity contribution is -0.142. The molecule has 1 fully saturated rings. The van der Waals surface area contributed by atoms with Gasteiger partial charge in [-0.05, 0) is 37.1 Å². The number of aliphatic carboxylic acids is 1. The van der Waals surface area contributed by atoms with E-state index in [1.807, 2.05) is 30.3 Å². The van der Waals surface area contributed by atoms with Gasteiger partial charge in [-0.1, -0.05) is 24.3 Å². The summed E-state index contributed by atoms with van der Waals surface area (Å²) in [6.07, 6.45) is 3.63. The summed E-state index contributed by atoms with van der Waals surface area (Å²) >= 11 is 0. The number of nitrogens with zero attached hydrogens (tertiary/aromatic N) is 1. The van der Waals surface area contributed by atoms with Gasteiger partial charge in [0, 0.05) is 11.6 Å². The second-order valence-corrected chi connectivity index (χ2v) is 5.29. The molecule has 0 aliphatic heterocycles. The highest BCUT2D eigenvalue weighted by molar-refractivity contribution is 5.94. The summed E-state index contributed by atoms with van der Waals surface area (Å²) in [6.45, 7) is 1.75. The van der Waals surface area contributed by atoms with Crippen molar-refractivity contribution < 1.29 is 9.90 Å². The number of hydrogen-bond acceptors (Lipinski definition) is 3. The van der Waals surface area contributed by atoms with Gasteiger partial charge in [-0.15, -0.1) is 0 Å². The monoisotopic (exact) mass is 256 g/mol. The number of benzene rings is 1. The number of anilines is 1. The summed E-state index contributed by atoms with van der Waals surface area (Å²) in [7, 11) is 0. The highest BCUT2D eigenvalue weighted by atomic mass is 16.4. The van der Waals surface area contributed by atoms with Crippen LogP contribution in [0.1, 0.15) is 19.8 Å². The molecule has 1 aromatic carbocycles. The van der Waals surface area contributed by atoms with E-state index in [1.54, 1.807) is 13.1 Å². The van der Waals surface area contributed by atoms with Gasteiger partial charge in [0.05, 0.1) is 0 Å². The molecule has 1 aliphatic rings. The third-order valence-corrected chi connectivity index (χ3v) is 3.89. The molecule has 1 aromatic heterocycles. The first-order valence-corrected chi connectivity index (χ1v) is 6.46. The van der Waals surface area contributed by atoms with E-state index in [0.29, 0.717) is 5.82 Å². The second kappa shape index (κ2) is 4.23. The minimum Gasteiger partial charge on any atom is -0.480 e. The van der Waals surface area contributed by atoms with Crippen LogP contribution in [0.15, 0.2) is 36.5 Å². The Labute approximate surface area is 111 Å². The van der Waals surface area contributed by atoms with Gasteiger partial charge in [-0.3, -0.25) is 0 Å². The molecular weight excluding hydrogens is 240 g/mol. The van der Waals surface area contributed by atoms with Crippen LogP contribution in [0.5, 0.6) is 0 Å². The first kappa shape index (κ1) is 12.0. The molecule has 0 radical (unpaired) electrons. The molecule has 19 heavy (non-hydrogen) atoms. The molecular formula is C15H16N2O2. The van der Waals surface area contributed by atoms with Crippen LogP contribution in [0.2, 0.25) is 0 Å². The highest BCUT2D eigenvalue weighted by Gasteiger charge is 2.47. The summed E-state index contributed by atoms with van der Waals surface area (Å²) in [6, 6.07) is 9.78. The van der Waals surface area contributed by atoms with Crippen LogP contribution in [-0.4, -0.2) is 21.6 Å². The van der Waals surface area contributed by atoms with E-state index in [0.717, 1.165) is 23.6 Å². The highest BCUT2D eigenvalue weighted by Crippen LogP contribution is 2.42. The van der Waals surface area contributed by atoms with Gasteiger partial charge in [0.15, 0.2) is 0 Å². The maximum absolute atomic E-state index is 11.6. The van der Waals surface area contributed by atoms with E-state index in [2.05, 4.69) is 10.3 Å². The van der Waals surface area contributed by atoms with Gasteiger partial charge in [0.1, 0.15) is 11.4 Å².